The summed E-state index contributed by atoms with van der Waals surface area (Å²) in [6.07, 6.45) is 1.16. The van der Waals surface area contributed by atoms with Crippen LogP contribution in [0.4, 0.5) is 5.69 Å². The van der Waals surface area contributed by atoms with Crippen LogP contribution in [0.5, 0.6) is 5.75 Å². The number of benzene rings is 2. The molecule has 0 aromatic heterocycles. The highest BCUT2D eigenvalue weighted by molar-refractivity contribution is 5.92. The molecule has 0 aliphatic rings. The van der Waals surface area contributed by atoms with Gasteiger partial charge in [-0.15, -0.1) is 0 Å². The molecule has 0 spiro atoms. The first-order valence-electron chi connectivity index (χ1n) is 7.98. The molecular formula is C19H24N2O2. The Labute approximate surface area is 137 Å². The Morgan fingerprint density at radius 2 is 1.78 bits per heavy atom. The zero-order valence-corrected chi connectivity index (χ0v) is 13.7. The molecule has 1 unspecified atom stereocenters. The first-order valence-corrected chi connectivity index (χ1v) is 7.98. The smallest absolute Gasteiger partial charge is 0.238 e. The number of hydrogen-bond acceptors (Lipinski definition) is 3. The number of nitrogens with one attached hydrogen (secondary N) is 2. The number of amides is 1. The molecule has 1 amide bonds. The molecule has 2 rings (SSSR count). The van der Waals surface area contributed by atoms with Crippen molar-refractivity contribution in [2.45, 2.75) is 32.9 Å². The van der Waals surface area contributed by atoms with Gasteiger partial charge in [-0.2, -0.15) is 0 Å². The Kier molecular flexibility index (Phi) is 6.63. The molecule has 0 saturated heterocycles. The van der Waals surface area contributed by atoms with Gasteiger partial charge in [0.15, 0.2) is 0 Å². The van der Waals surface area contributed by atoms with Gasteiger partial charge >= 0.3 is 0 Å². The molecule has 1 atom stereocenters. The number of anilines is 1. The van der Waals surface area contributed by atoms with E-state index in [-0.39, 0.29) is 18.6 Å². The Morgan fingerprint density at radius 3 is 2.43 bits per heavy atom. The van der Waals surface area contributed by atoms with E-state index in [1.165, 1.54) is 0 Å². The molecule has 23 heavy (non-hydrogen) atoms. The van der Waals surface area contributed by atoms with E-state index in [0.717, 1.165) is 23.4 Å². The summed E-state index contributed by atoms with van der Waals surface area (Å²) in [6.45, 7) is 5.08. The van der Waals surface area contributed by atoms with Gasteiger partial charge in [0.25, 0.3) is 0 Å². The van der Waals surface area contributed by atoms with Crippen molar-refractivity contribution in [2.75, 3.05) is 11.9 Å². The normalized spacial score (nSPS) is 11.7. The third-order valence-corrected chi connectivity index (χ3v) is 3.51. The van der Waals surface area contributed by atoms with Gasteiger partial charge in [0.1, 0.15) is 5.75 Å². The largest absolute Gasteiger partial charge is 0.491 e. The van der Waals surface area contributed by atoms with Crippen molar-refractivity contribution in [3.63, 3.8) is 0 Å². The van der Waals surface area contributed by atoms with E-state index in [4.69, 9.17) is 4.74 Å². The molecule has 4 nitrogen and oxygen atoms in total. The Morgan fingerprint density at radius 1 is 1.09 bits per heavy atom. The number of hydrogen-bond donors (Lipinski definition) is 2. The molecule has 4 heteroatoms. The molecule has 2 aromatic rings. The van der Waals surface area contributed by atoms with Crippen LogP contribution in [0.3, 0.4) is 0 Å². The van der Waals surface area contributed by atoms with Crippen molar-refractivity contribution in [1.82, 2.24) is 5.32 Å². The fourth-order valence-corrected chi connectivity index (χ4v) is 2.05. The lowest BCUT2D eigenvalue weighted by atomic mass is 10.2. The molecule has 0 aliphatic heterocycles. The number of carbonyl (C=O) groups is 1. The summed E-state index contributed by atoms with van der Waals surface area (Å²) in [5.41, 5.74) is 1.93. The molecule has 2 aromatic carbocycles. The second-order valence-corrected chi connectivity index (χ2v) is 5.50. The highest BCUT2D eigenvalue weighted by Crippen LogP contribution is 2.17. The maximum atomic E-state index is 11.9. The van der Waals surface area contributed by atoms with E-state index in [9.17, 15) is 4.79 Å². The minimum absolute atomic E-state index is 0.0588. The second-order valence-electron chi connectivity index (χ2n) is 5.50. The zero-order valence-electron chi connectivity index (χ0n) is 13.7. The van der Waals surface area contributed by atoms with E-state index < -0.39 is 0 Å². The lowest BCUT2D eigenvalue weighted by molar-refractivity contribution is -0.115. The van der Waals surface area contributed by atoms with Gasteiger partial charge in [0.2, 0.25) is 5.91 Å². The SMILES string of the molecule is CCC(C)Oc1ccc(NC(=O)CNCc2ccccc2)cc1. The summed E-state index contributed by atoms with van der Waals surface area (Å²) in [6, 6.07) is 17.5. The molecule has 122 valence electrons. The average molecular weight is 312 g/mol. The van der Waals surface area contributed by atoms with E-state index in [2.05, 4.69) is 17.6 Å². The van der Waals surface area contributed by atoms with Crippen LogP contribution in [0.2, 0.25) is 0 Å². The Balaban J connectivity index is 1.74. The van der Waals surface area contributed by atoms with Gasteiger partial charge in [0, 0.05) is 12.2 Å². The van der Waals surface area contributed by atoms with Crippen molar-refractivity contribution in [1.29, 1.82) is 0 Å². The lowest BCUT2D eigenvalue weighted by Crippen LogP contribution is -2.27. The molecule has 2 N–H and O–H groups in total. The van der Waals surface area contributed by atoms with E-state index in [1.807, 2.05) is 61.5 Å². The standard InChI is InChI=1S/C19H24N2O2/c1-3-15(2)23-18-11-9-17(10-12-18)21-19(22)14-20-13-16-7-5-4-6-8-16/h4-12,15,20H,3,13-14H2,1-2H3,(H,21,22). The highest BCUT2D eigenvalue weighted by atomic mass is 16.5. The summed E-state index contributed by atoms with van der Waals surface area (Å²) in [5, 5.41) is 6.00. The maximum absolute atomic E-state index is 11.9. The van der Waals surface area contributed by atoms with Gasteiger partial charge in [-0.25, -0.2) is 0 Å². The fourth-order valence-electron chi connectivity index (χ4n) is 2.05. The van der Waals surface area contributed by atoms with Crippen LogP contribution in [0.1, 0.15) is 25.8 Å². The van der Waals surface area contributed by atoms with Crippen molar-refractivity contribution >= 4 is 11.6 Å². The van der Waals surface area contributed by atoms with Crippen LogP contribution in [-0.2, 0) is 11.3 Å². The minimum Gasteiger partial charge on any atom is -0.491 e. The predicted molar refractivity (Wildman–Crippen MR) is 93.6 cm³/mol. The van der Waals surface area contributed by atoms with Gasteiger partial charge in [0.05, 0.1) is 12.6 Å². The molecule has 0 saturated carbocycles. The van der Waals surface area contributed by atoms with Crippen LogP contribution in [-0.4, -0.2) is 18.6 Å². The van der Waals surface area contributed by atoms with Crippen LogP contribution in [0.15, 0.2) is 54.6 Å². The fraction of sp³-hybridized carbons (Fsp3) is 0.316. The second kappa shape index (κ2) is 8.96. The summed E-state index contributed by atoms with van der Waals surface area (Å²) >= 11 is 0. The maximum Gasteiger partial charge on any atom is 0.238 e. The summed E-state index contributed by atoms with van der Waals surface area (Å²) in [7, 11) is 0. The van der Waals surface area contributed by atoms with Crippen LogP contribution >= 0.6 is 0 Å². The van der Waals surface area contributed by atoms with Gasteiger partial charge in [-0.1, -0.05) is 37.3 Å². The van der Waals surface area contributed by atoms with Crippen LogP contribution in [0, 0.1) is 0 Å². The first-order chi connectivity index (χ1) is 11.2. The van der Waals surface area contributed by atoms with Crippen LogP contribution in [0.25, 0.3) is 0 Å². The number of ether oxygens (including phenoxy) is 1. The van der Waals surface area contributed by atoms with E-state index in [0.29, 0.717) is 6.54 Å². The van der Waals surface area contributed by atoms with Crippen molar-refractivity contribution in [2.24, 2.45) is 0 Å². The van der Waals surface area contributed by atoms with E-state index in [1.54, 1.807) is 0 Å². The zero-order chi connectivity index (χ0) is 16.5. The predicted octanol–water partition coefficient (Wildman–Crippen LogP) is 3.59. The quantitative estimate of drug-likeness (QED) is 0.783. The van der Waals surface area contributed by atoms with Gasteiger partial charge < -0.3 is 15.4 Å². The third-order valence-electron chi connectivity index (χ3n) is 3.51. The topological polar surface area (TPSA) is 50.4 Å². The first kappa shape index (κ1) is 17.0. The molecule has 0 radical (unpaired) electrons. The van der Waals surface area contributed by atoms with Crippen molar-refractivity contribution in [3.8, 4) is 5.75 Å². The van der Waals surface area contributed by atoms with Crippen molar-refractivity contribution in [3.05, 3.63) is 60.2 Å². The molecule has 0 bridgehead atoms. The Hall–Kier alpha value is -2.33. The molecule has 0 fully saturated rings. The number of rotatable bonds is 8. The van der Waals surface area contributed by atoms with E-state index >= 15 is 0 Å². The van der Waals surface area contributed by atoms with Crippen molar-refractivity contribution < 1.29 is 9.53 Å². The average Bonchev–Trinajstić information content (AvgIpc) is 2.57. The summed E-state index contributed by atoms with van der Waals surface area (Å²) < 4.78 is 5.71. The van der Waals surface area contributed by atoms with Crippen LogP contribution < -0.4 is 15.4 Å². The lowest BCUT2D eigenvalue weighted by Gasteiger charge is -2.13. The Bertz CT molecular complexity index is 597. The molecular weight excluding hydrogens is 288 g/mol. The monoisotopic (exact) mass is 312 g/mol. The molecule has 0 heterocycles. The number of carbonyl (C=O) groups excluding carboxylic acids is 1. The highest BCUT2D eigenvalue weighted by Gasteiger charge is 2.04. The summed E-state index contributed by atoms with van der Waals surface area (Å²) in [5.74, 6) is 0.760. The molecule has 0 aliphatic carbocycles. The summed E-state index contributed by atoms with van der Waals surface area (Å²) in [4.78, 5) is 11.9. The van der Waals surface area contributed by atoms with Gasteiger partial charge in [-0.05, 0) is 43.2 Å². The third kappa shape index (κ3) is 6.12. The van der Waals surface area contributed by atoms with Gasteiger partial charge in [-0.3, -0.25) is 4.79 Å². The minimum atomic E-state index is -0.0588.